The zero-order valence-corrected chi connectivity index (χ0v) is 8.91. The third-order valence-corrected chi connectivity index (χ3v) is 4.98. The van der Waals surface area contributed by atoms with E-state index in [1.165, 1.54) is 25.7 Å². The fourth-order valence-electron chi connectivity index (χ4n) is 4.58. The number of hydrogen-bond acceptors (Lipinski definition) is 2. The Morgan fingerprint density at radius 2 is 1.93 bits per heavy atom. The Labute approximate surface area is 86.6 Å². The minimum Gasteiger partial charge on any atom is -0.329 e. The van der Waals surface area contributed by atoms with Gasteiger partial charge in [-0.25, -0.2) is 0 Å². The second-order valence-corrected chi connectivity index (χ2v) is 5.50. The number of nitrogens with one attached hydrogen (secondary N) is 1. The van der Waals surface area contributed by atoms with E-state index >= 15 is 0 Å². The van der Waals surface area contributed by atoms with Crippen LogP contribution in [-0.2, 0) is 0 Å². The van der Waals surface area contributed by atoms with Gasteiger partial charge in [-0.3, -0.25) is 0 Å². The maximum Gasteiger partial charge on any atom is 0.0101 e. The molecule has 0 radical (unpaired) electrons. The Morgan fingerprint density at radius 3 is 2.79 bits per heavy atom. The zero-order valence-electron chi connectivity index (χ0n) is 8.91. The van der Waals surface area contributed by atoms with Crippen molar-refractivity contribution in [3.63, 3.8) is 0 Å². The van der Waals surface area contributed by atoms with E-state index in [0.29, 0.717) is 0 Å². The Kier molecular flexibility index (Phi) is 2.29. The topological polar surface area (TPSA) is 38.0 Å². The first-order valence-electron chi connectivity index (χ1n) is 6.33. The lowest BCUT2D eigenvalue weighted by Gasteiger charge is -2.29. The molecule has 0 aromatic heterocycles. The van der Waals surface area contributed by atoms with Gasteiger partial charge < -0.3 is 11.1 Å². The number of hydrogen-bond donors (Lipinski definition) is 2. The summed E-state index contributed by atoms with van der Waals surface area (Å²) in [4.78, 5) is 0. The van der Waals surface area contributed by atoms with Gasteiger partial charge >= 0.3 is 0 Å². The van der Waals surface area contributed by atoms with Crippen LogP contribution in [0, 0.1) is 23.7 Å². The maximum atomic E-state index is 5.56. The normalized spacial score (nSPS) is 49.9. The van der Waals surface area contributed by atoms with Crippen LogP contribution in [-0.4, -0.2) is 19.1 Å². The fourth-order valence-corrected chi connectivity index (χ4v) is 4.58. The van der Waals surface area contributed by atoms with Crippen LogP contribution in [0.15, 0.2) is 0 Å². The summed E-state index contributed by atoms with van der Waals surface area (Å²) >= 11 is 0. The van der Waals surface area contributed by atoms with Crippen LogP contribution in [0.1, 0.15) is 32.1 Å². The minimum atomic E-state index is 0.794. The van der Waals surface area contributed by atoms with Crippen LogP contribution in [0.25, 0.3) is 0 Å². The second-order valence-electron chi connectivity index (χ2n) is 5.50. The molecule has 3 N–H and O–H groups in total. The lowest BCUT2D eigenvalue weighted by Crippen LogP contribution is -2.39. The van der Waals surface area contributed by atoms with Crippen LogP contribution in [0.4, 0.5) is 0 Å². The molecule has 0 aliphatic heterocycles. The average molecular weight is 194 g/mol. The predicted molar refractivity (Wildman–Crippen MR) is 57.9 cm³/mol. The summed E-state index contributed by atoms with van der Waals surface area (Å²) < 4.78 is 0. The van der Waals surface area contributed by atoms with Crippen molar-refractivity contribution in [2.75, 3.05) is 13.1 Å². The van der Waals surface area contributed by atoms with Gasteiger partial charge in [0.1, 0.15) is 0 Å². The van der Waals surface area contributed by atoms with Crippen LogP contribution >= 0.6 is 0 Å². The molecule has 3 fully saturated rings. The van der Waals surface area contributed by atoms with Gasteiger partial charge in [0.15, 0.2) is 0 Å². The monoisotopic (exact) mass is 194 g/mol. The van der Waals surface area contributed by atoms with E-state index in [-0.39, 0.29) is 0 Å². The van der Waals surface area contributed by atoms with Crippen LogP contribution in [0.3, 0.4) is 0 Å². The third kappa shape index (κ3) is 1.24. The highest BCUT2D eigenvalue weighted by Crippen LogP contribution is 2.58. The molecular weight excluding hydrogens is 172 g/mol. The lowest BCUT2D eigenvalue weighted by atomic mass is 9.80. The van der Waals surface area contributed by atoms with Crippen molar-refractivity contribution in [3.05, 3.63) is 0 Å². The van der Waals surface area contributed by atoms with Crippen molar-refractivity contribution >= 4 is 0 Å². The molecule has 0 amide bonds. The van der Waals surface area contributed by atoms with Crippen molar-refractivity contribution in [2.24, 2.45) is 29.4 Å². The summed E-state index contributed by atoms with van der Waals surface area (Å²) in [6, 6.07) is 0.818. The van der Waals surface area contributed by atoms with Gasteiger partial charge in [0.05, 0.1) is 0 Å². The molecule has 5 atom stereocenters. The maximum absolute atomic E-state index is 5.56. The molecular formula is C12H22N2. The highest BCUT2D eigenvalue weighted by molar-refractivity contribution is 5.04. The molecule has 0 aromatic rings. The van der Waals surface area contributed by atoms with E-state index in [4.69, 9.17) is 5.73 Å². The molecule has 0 aromatic carbocycles. The first-order chi connectivity index (χ1) is 6.90. The molecule has 3 rings (SSSR count). The van der Waals surface area contributed by atoms with Crippen molar-refractivity contribution in [1.82, 2.24) is 5.32 Å². The van der Waals surface area contributed by atoms with Gasteiger partial charge in [-0.1, -0.05) is 0 Å². The number of fused-ring (bicyclic) bond motifs is 5. The molecule has 0 spiro atoms. The van der Waals surface area contributed by atoms with Crippen LogP contribution in [0.5, 0.6) is 0 Å². The largest absolute Gasteiger partial charge is 0.329 e. The quantitative estimate of drug-likeness (QED) is 0.712. The molecule has 2 heteroatoms. The van der Waals surface area contributed by atoms with E-state index in [1.807, 2.05) is 0 Å². The summed E-state index contributed by atoms with van der Waals surface area (Å²) in [5.74, 6) is 4.29. The molecule has 14 heavy (non-hydrogen) atoms. The Morgan fingerprint density at radius 1 is 1.07 bits per heavy atom. The van der Waals surface area contributed by atoms with E-state index < -0.39 is 0 Å². The van der Waals surface area contributed by atoms with Crippen LogP contribution in [0.2, 0.25) is 0 Å². The fraction of sp³-hybridized carbons (Fsp3) is 1.00. The third-order valence-electron chi connectivity index (χ3n) is 4.98. The van der Waals surface area contributed by atoms with E-state index in [0.717, 1.165) is 42.8 Å². The average Bonchev–Trinajstić information content (AvgIpc) is 2.87. The molecule has 80 valence electrons. The van der Waals surface area contributed by atoms with Gasteiger partial charge in [-0.2, -0.15) is 0 Å². The second kappa shape index (κ2) is 3.49. The van der Waals surface area contributed by atoms with Crippen molar-refractivity contribution in [2.45, 2.75) is 38.1 Å². The molecule has 2 nitrogen and oxygen atoms in total. The summed E-state index contributed by atoms with van der Waals surface area (Å²) in [6.07, 6.45) is 7.52. The number of rotatable bonds is 3. The Hall–Kier alpha value is -0.0800. The minimum absolute atomic E-state index is 0.794. The molecule has 5 unspecified atom stereocenters. The van der Waals surface area contributed by atoms with Gasteiger partial charge in [-0.15, -0.1) is 0 Å². The summed E-state index contributed by atoms with van der Waals surface area (Å²) in [5, 5.41) is 3.66. The first kappa shape index (κ1) is 9.17. The Balaban J connectivity index is 1.67. The van der Waals surface area contributed by atoms with Gasteiger partial charge in [0.25, 0.3) is 0 Å². The van der Waals surface area contributed by atoms with Gasteiger partial charge in [0, 0.05) is 19.1 Å². The van der Waals surface area contributed by atoms with E-state index in [1.54, 1.807) is 6.42 Å². The standard InChI is InChI=1S/C12H22N2/c13-5-6-14-11-4-3-10-8-1-2-9(7-8)12(10)11/h8-12,14H,1-7,13H2. The first-order valence-corrected chi connectivity index (χ1v) is 6.33. The highest BCUT2D eigenvalue weighted by Gasteiger charge is 2.52. The Bertz CT molecular complexity index is 216. The van der Waals surface area contributed by atoms with E-state index in [9.17, 15) is 0 Å². The molecule has 0 saturated heterocycles. The number of nitrogens with two attached hydrogens (primary N) is 1. The summed E-state index contributed by atoms with van der Waals surface area (Å²) in [6.45, 7) is 1.81. The molecule has 3 aliphatic rings. The summed E-state index contributed by atoms with van der Waals surface area (Å²) in [7, 11) is 0. The zero-order chi connectivity index (χ0) is 9.54. The van der Waals surface area contributed by atoms with E-state index in [2.05, 4.69) is 5.32 Å². The highest BCUT2D eigenvalue weighted by atomic mass is 14.9. The summed E-state index contributed by atoms with van der Waals surface area (Å²) in [5.41, 5.74) is 5.56. The van der Waals surface area contributed by atoms with Gasteiger partial charge in [-0.05, 0) is 55.8 Å². The van der Waals surface area contributed by atoms with Crippen molar-refractivity contribution in [1.29, 1.82) is 0 Å². The molecule has 2 bridgehead atoms. The predicted octanol–water partition coefficient (Wildman–Crippen LogP) is 1.36. The molecule has 3 saturated carbocycles. The van der Waals surface area contributed by atoms with Gasteiger partial charge in [0.2, 0.25) is 0 Å². The lowest BCUT2D eigenvalue weighted by molar-refractivity contribution is 0.226. The smallest absolute Gasteiger partial charge is 0.0101 e. The van der Waals surface area contributed by atoms with Crippen molar-refractivity contribution < 1.29 is 0 Å². The molecule has 3 aliphatic carbocycles. The SMILES string of the molecule is NCCNC1CCC2C3CCC(C3)C12. The van der Waals surface area contributed by atoms with Crippen molar-refractivity contribution in [3.8, 4) is 0 Å². The molecule has 0 heterocycles. The van der Waals surface area contributed by atoms with Crippen LogP contribution < -0.4 is 11.1 Å².